The lowest BCUT2D eigenvalue weighted by molar-refractivity contribution is 0.0528. The molecule has 2 rings (SSSR count). The van der Waals surface area contributed by atoms with Crippen LogP contribution in [0.5, 0.6) is 0 Å². The Morgan fingerprint density at radius 1 is 1.38 bits per heavy atom. The zero-order valence-corrected chi connectivity index (χ0v) is 12.4. The number of hydrogen-bond donors (Lipinski definition) is 2. The number of aryl methyl sites for hydroxylation is 1. The summed E-state index contributed by atoms with van der Waals surface area (Å²) < 4.78 is 4.90. The molecule has 2 aromatic heterocycles. The van der Waals surface area contributed by atoms with Gasteiger partial charge in [-0.25, -0.2) is 4.79 Å². The van der Waals surface area contributed by atoms with E-state index >= 15 is 0 Å². The molecule has 2 aromatic rings. The quantitative estimate of drug-likeness (QED) is 0.847. The maximum Gasteiger partial charge on any atom is 0.341 e. The third-order valence-corrected chi connectivity index (χ3v) is 3.52. The molecular weight excluding hydrogens is 292 g/mol. The molecule has 0 aliphatic heterocycles. The lowest BCUT2D eigenvalue weighted by Gasteiger charge is -2.06. The Morgan fingerprint density at radius 2 is 2.14 bits per heavy atom. The number of rotatable bonds is 4. The summed E-state index contributed by atoms with van der Waals surface area (Å²) in [4.78, 5) is 38.4. The number of hydrogen-bond acceptors (Lipinski definition) is 5. The second kappa shape index (κ2) is 6.36. The number of esters is 1. The van der Waals surface area contributed by atoms with E-state index in [0.29, 0.717) is 10.7 Å². The summed E-state index contributed by atoms with van der Waals surface area (Å²) in [5.74, 6) is -1.07. The predicted molar refractivity (Wildman–Crippen MR) is 80.0 cm³/mol. The van der Waals surface area contributed by atoms with Gasteiger partial charge >= 0.3 is 5.97 Å². The van der Waals surface area contributed by atoms with Crippen LogP contribution in [0.1, 0.15) is 33.3 Å². The van der Waals surface area contributed by atoms with Gasteiger partial charge in [0.15, 0.2) is 5.43 Å². The number of carbonyl (C=O) groups is 2. The van der Waals surface area contributed by atoms with Gasteiger partial charge in [-0.1, -0.05) is 0 Å². The molecule has 6 nitrogen and oxygen atoms in total. The number of aromatic amines is 1. The first kappa shape index (κ1) is 15.0. The molecule has 0 bridgehead atoms. The summed E-state index contributed by atoms with van der Waals surface area (Å²) in [6, 6.07) is 2.91. The van der Waals surface area contributed by atoms with E-state index in [1.165, 1.54) is 23.6 Å². The van der Waals surface area contributed by atoms with Gasteiger partial charge in [0, 0.05) is 18.0 Å². The Hall–Kier alpha value is -2.41. The molecule has 7 heteroatoms. The van der Waals surface area contributed by atoms with Crippen molar-refractivity contribution in [2.24, 2.45) is 0 Å². The highest BCUT2D eigenvalue weighted by Gasteiger charge is 2.18. The van der Waals surface area contributed by atoms with Crippen molar-refractivity contribution in [3.05, 3.63) is 50.8 Å². The van der Waals surface area contributed by atoms with Gasteiger partial charge in [0.2, 0.25) is 0 Å². The van der Waals surface area contributed by atoms with Crippen LogP contribution in [0.3, 0.4) is 0 Å². The van der Waals surface area contributed by atoms with E-state index in [4.69, 9.17) is 4.74 Å². The number of ether oxygens (including phenoxy) is 1. The number of pyridine rings is 1. The van der Waals surface area contributed by atoms with Gasteiger partial charge in [-0.05, 0) is 25.3 Å². The molecule has 0 fully saturated rings. The molecule has 21 heavy (non-hydrogen) atoms. The molecule has 0 spiro atoms. The van der Waals surface area contributed by atoms with Crippen molar-refractivity contribution in [3.8, 4) is 0 Å². The highest BCUT2D eigenvalue weighted by atomic mass is 32.1. The lowest BCUT2D eigenvalue weighted by atomic mass is 10.2. The average Bonchev–Trinajstić information content (AvgIpc) is 2.87. The van der Waals surface area contributed by atoms with E-state index in [-0.39, 0.29) is 23.2 Å². The number of aromatic nitrogens is 1. The summed E-state index contributed by atoms with van der Waals surface area (Å²) >= 11 is 1.19. The molecular formula is C14H14N2O4S. The number of nitrogens with one attached hydrogen (secondary N) is 2. The molecule has 0 atom stereocenters. The monoisotopic (exact) mass is 306 g/mol. The Kier molecular flexibility index (Phi) is 4.54. The number of H-pyrrole nitrogens is 1. The van der Waals surface area contributed by atoms with Gasteiger partial charge < -0.3 is 15.0 Å². The van der Waals surface area contributed by atoms with Gasteiger partial charge in [-0.15, -0.1) is 11.3 Å². The van der Waals surface area contributed by atoms with Gasteiger partial charge in [-0.2, -0.15) is 0 Å². The first-order valence-electron chi connectivity index (χ1n) is 6.28. The van der Waals surface area contributed by atoms with Crippen molar-refractivity contribution < 1.29 is 14.3 Å². The number of thiophene rings is 1. The molecule has 2 N–H and O–H groups in total. The van der Waals surface area contributed by atoms with Gasteiger partial charge in [-0.3, -0.25) is 9.59 Å². The van der Waals surface area contributed by atoms with Crippen LogP contribution < -0.4 is 10.7 Å². The van der Waals surface area contributed by atoms with E-state index in [2.05, 4.69) is 10.3 Å². The normalized spacial score (nSPS) is 10.2. The lowest BCUT2D eigenvalue weighted by Crippen LogP contribution is -2.22. The fourth-order valence-electron chi connectivity index (χ4n) is 1.70. The first-order valence-corrected chi connectivity index (χ1v) is 7.16. The molecule has 110 valence electrons. The van der Waals surface area contributed by atoms with Crippen LogP contribution >= 0.6 is 11.3 Å². The fraction of sp³-hybridized carbons (Fsp3) is 0.214. The van der Waals surface area contributed by atoms with E-state index in [0.717, 1.165) is 0 Å². The standard InChI is InChI=1S/C14H14N2O4S/c1-3-20-14(19)9-4-5-21-13(9)16-12(18)10-7-15-8(2)6-11(10)17/h4-7H,3H2,1-2H3,(H,15,17)(H,16,18). The van der Waals surface area contributed by atoms with E-state index < -0.39 is 11.9 Å². The maximum atomic E-state index is 12.1. The average molecular weight is 306 g/mol. The summed E-state index contributed by atoms with van der Waals surface area (Å²) in [5.41, 5.74) is 0.556. The SMILES string of the molecule is CCOC(=O)c1ccsc1NC(=O)c1c[nH]c(C)cc1=O. The zero-order valence-electron chi connectivity index (χ0n) is 11.6. The van der Waals surface area contributed by atoms with Gasteiger partial charge in [0.05, 0.1) is 12.2 Å². The van der Waals surface area contributed by atoms with Crippen LogP contribution in [0.2, 0.25) is 0 Å². The minimum absolute atomic E-state index is 0.0104. The number of amides is 1. The molecule has 2 heterocycles. The Morgan fingerprint density at radius 3 is 2.81 bits per heavy atom. The van der Waals surface area contributed by atoms with Crippen molar-refractivity contribution in [3.63, 3.8) is 0 Å². The third-order valence-electron chi connectivity index (χ3n) is 2.69. The van der Waals surface area contributed by atoms with Crippen LogP contribution in [0.25, 0.3) is 0 Å². The second-order valence-corrected chi connectivity index (χ2v) is 5.15. The van der Waals surface area contributed by atoms with Crippen LogP contribution in [0, 0.1) is 6.92 Å². The molecule has 0 saturated heterocycles. The van der Waals surface area contributed by atoms with Crippen LogP contribution in [-0.2, 0) is 4.74 Å². The molecule has 0 aliphatic rings. The largest absolute Gasteiger partial charge is 0.462 e. The predicted octanol–water partition coefficient (Wildman–Crippen LogP) is 2.17. The Labute approximate surface area is 124 Å². The highest BCUT2D eigenvalue weighted by Crippen LogP contribution is 2.24. The summed E-state index contributed by atoms with van der Waals surface area (Å²) in [7, 11) is 0. The van der Waals surface area contributed by atoms with Crippen LogP contribution in [0.15, 0.2) is 28.5 Å². The smallest absolute Gasteiger partial charge is 0.341 e. The van der Waals surface area contributed by atoms with Crippen molar-refractivity contribution in [1.82, 2.24) is 4.98 Å². The van der Waals surface area contributed by atoms with E-state index in [9.17, 15) is 14.4 Å². The molecule has 0 radical (unpaired) electrons. The van der Waals surface area contributed by atoms with Crippen molar-refractivity contribution in [2.45, 2.75) is 13.8 Å². The number of carbonyl (C=O) groups excluding carboxylic acids is 2. The third kappa shape index (κ3) is 3.38. The van der Waals surface area contributed by atoms with Crippen molar-refractivity contribution >= 4 is 28.2 Å². The molecule has 0 unspecified atom stereocenters. The zero-order chi connectivity index (χ0) is 15.4. The van der Waals surface area contributed by atoms with Crippen LogP contribution in [-0.4, -0.2) is 23.5 Å². The van der Waals surface area contributed by atoms with Gasteiger partial charge in [0.1, 0.15) is 10.6 Å². The van der Waals surface area contributed by atoms with E-state index in [1.807, 2.05) is 0 Å². The van der Waals surface area contributed by atoms with Crippen molar-refractivity contribution in [1.29, 1.82) is 0 Å². The summed E-state index contributed by atoms with van der Waals surface area (Å²) in [6.45, 7) is 3.68. The van der Waals surface area contributed by atoms with E-state index in [1.54, 1.807) is 25.3 Å². The first-order chi connectivity index (χ1) is 10.0. The fourth-order valence-corrected chi connectivity index (χ4v) is 2.47. The highest BCUT2D eigenvalue weighted by molar-refractivity contribution is 7.14. The Bertz CT molecular complexity index is 733. The molecule has 0 aliphatic carbocycles. The molecule has 0 aromatic carbocycles. The maximum absolute atomic E-state index is 12.1. The van der Waals surface area contributed by atoms with Crippen molar-refractivity contribution in [2.75, 3.05) is 11.9 Å². The summed E-state index contributed by atoms with van der Waals surface area (Å²) in [5, 5.41) is 4.59. The topological polar surface area (TPSA) is 88.3 Å². The second-order valence-electron chi connectivity index (χ2n) is 4.23. The van der Waals surface area contributed by atoms with Gasteiger partial charge in [0.25, 0.3) is 5.91 Å². The Balaban J connectivity index is 2.22. The van der Waals surface area contributed by atoms with Crippen LogP contribution in [0.4, 0.5) is 5.00 Å². The minimum Gasteiger partial charge on any atom is -0.462 e. The summed E-state index contributed by atoms with van der Waals surface area (Å²) in [6.07, 6.45) is 1.35. The molecule has 0 saturated carbocycles. The minimum atomic E-state index is -0.566. The number of anilines is 1. The molecule has 1 amide bonds.